The summed E-state index contributed by atoms with van der Waals surface area (Å²) in [5.41, 5.74) is 2.32. The van der Waals surface area contributed by atoms with Crippen molar-refractivity contribution in [3.63, 3.8) is 0 Å². The van der Waals surface area contributed by atoms with Gasteiger partial charge in [0.25, 0.3) is 0 Å². The summed E-state index contributed by atoms with van der Waals surface area (Å²) in [6.45, 7) is 0. The molecule has 0 saturated heterocycles. The van der Waals surface area contributed by atoms with E-state index in [-0.39, 0.29) is 0 Å². The van der Waals surface area contributed by atoms with Crippen LogP contribution in [0, 0.1) is 0 Å². The first-order valence-corrected chi connectivity index (χ1v) is 5.21. The normalized spacial score (nSPS) is 14.2. The van der Waals surface area contributed by atoms with Crippen LogP contribution < -0.4 is 9.47 Å². The largest absolute Gasteiger partial charge is 0.496 e. The van der Waals surface area contributed by atoms with Crippen molar-refractivity contribution in [1.82, 2.24) is 0 Å². The highest BCUT2D eigenvalue weighted by Crippen LogP contribution is 2.36. The van der Waals surface area contributed by atoms with Crippen LogP contribution in [0.15, 0.2) is 23.2 Å². The summed E-state index contributed by atoms with van der Waals surface area (Å²) in [7, 11) is 3.36. The fraction of sp³-hybridized carbons (Fsp3) is 0.333. The average Bonchev–Trinajstić information content (AvgIpc) is 2.27. The highest BCUT2D eigenvalue weighted by Gasteiger charge is 2.18. The first-order chi connectivity index (χ1) is 7.26. The minimum atomic E-state index is 0.733. The number of halogens is 1. The first kappa shape index (κ1) is 10.4. The Morgan fingerprint density at radius 1 is 1.07 bits per heavy atom. The number of ether oxygens (including phenoxy) is 2. The lowest BCUT2D eigenvalue weighted by atomic mass is 9.95. The van der Waals surface area contributed by atoms with Gasteiger partial charge in [0, 0.05) is 22.6 Å². The minimum Gasteiger partial charge on any atom is -0.496 e. The fourth-order valence-corrected chi connectivity index (χ4v) is 2.11. The molecule has 0 aliphatic heterocycles. The van der Waals surface area contributed by atoms with Crippen LogP contribution in [-0.4, -0.2) is 14.2 Å². The molecule has 0 heterocycles. The van der Waals surface area contributed by atoms with Crippen molar-refractivity contribution in [3.05, 3.63) is 34.4 Å². The Bertz CT molecular complexity index is 410. The lowest BCUT2D eigenvalue weighted by Gasteiger charge is -2.19. The molecule has 0 unspecified atom stereocenters. The second kappa shape index (κ2) is 4.15. The lowest BCUT2D eigenvalue weighted by Crippen LogP contribution is -2.05. The summed E-state index contributed by atoms with van der Waals surface area (Å²) in [4.78, 5) is 0. The van der Waals surface area contributed by atoms with E-state index in [1.165, 1.54) is 5.56 Å². The maximum absolute atomic E-state index is 6.03. The Kier molecular flexibility index (Phi) is 2.87. The van der Waals surface area contributed by atoms with E-state index in [4.69, 9.17) is 21.1 Å². The number of methoxy groups -OCH3 is 2. The number of rotatable bonds is 2. The fourth-order valence-electron chi connectivity index (χ4n) is 1.90. The molecule has 0 radical (unpaired) electrons. The van der Waals surface area contributed by atoms with Crippen LogP contribution >= 0.6 is 11.6 Å². The highest BCUT2D eigenvalue weighted by atomic mass is 35.5. The van der Waals surface area contributed by atoms with Crippen LogP contribution in [0.5, 0.6) is 11.5 Å². The van der Waals surface area contributed by atoms with E-state index in [0.29, 0.717) is 0 Å². The maximum atomic E-state index is 6.03. The highest BCUT2D eigenvalue weighted by molar-refractivity contribution is 6.29. The average molecular weight is 225 g/mol. The van der Waals surface area contributed by atoms with Gasteiger partial charge in [-0.1, -0.05) is 17.7 Å². The molecular formula is C12H13ClO2. The van der Waals surface area contributed by atoms with Gasteiger partial charge in [0.2, 0.25) is 0 Å². The van der Waals surface area contributed by atoms with E-state index in [2.05, 4.69) is 0 Å². The van der Waals surface area contributed by atoms with Crippen molar-refractivity contribution in [2.45, 2.75) is 12.8 Å². The number of allylic oxidation sites excluding steroid dienone is 2. The van der Waals surface area contributed by atoms with Gasteiger partial charge in [-0.3, -0.25) is 0 Å². The smallest absolute Gasteiger partial charge is 0.122 e. The zero-order chi connectivity index (χ0) is 10.8. The van der Waals surface area contributed by atoms with Gasteiger partial charge in [-0.15, -0.1) is 0 Å². The van der Waals surface area contributed by atoms with E-state index in [1.54, 1.807) is 14.2 Å². The molecule has 0 N–H and O–H groups in total. The summed E-state index contributed by atoms with van der Waals surface area (Å²) < 4.78 is 10.6. The molecule has 0 atom stereocenters. The van der Waals surface area contributed by atoms with Gasteiger partial charge in [0.1, 0.15) is 11.5 Å². The molecule has 2 nitrogen and oxygen atoms in total. The van der Waals surface area contributed by atoms with Gasteiger partial charge in [-0.2, -0.15) is 0 Å². The summed E-state index contributed by atoms with van der Waals surface area (Å²) in [5.74, 6) is 1.79. The van der Waals surface area contributed by atoms with Crippen molar-refractivity contribution in [3.8, 4) is 11.5 Å². The number of benzene rings is 1. The number of hydrogen-bond acceptors (Lipinski definition) is 2. The minimum absolute atomic E-state index is 0.733. The molecule has 2 rings (SSSR count). The zero-order valence-electron chi connectivity index (χ0n) is 8.84. The Morgan fingerprint density at radius 2 is 1.67 bits per heavy atom. The summed E-state index contributed by atoms with van der Waals surface area (Å²) >= 11 is 6.03. The van der Waals surface area contributed by atoms with Crippen molar-refractivity contribution in [1.29, 1.82) is 0 Å². The molecule has 0 amide bonds. The standard InChI is InChI=1S/C12H13ClO2/c1-14-11-5-6-12(15-2)10-7-8(13)3-4-9(10)11/h3,5-6H,4,7H2,1-2H3. The van der Waals surface area contributed by atoms with Crippen LogP contribution in [0.4, 0.5) is 0 Å². The zero-order valence-corrected chi connectivity index (χ0v) is 9.60. The number of fused-ring (bicyclic) bond motifs is 1. The van der Waals surface area contributed by atoms with Gasteiger partial charge < -0.3 is 9.47 Å². The molecule has 0 saturated carbocycles. The molecule has 80 valence electrons. The summed E-state index contributed by atoms with van der Waals surface area (Å²) in [6.07, 6.45) is 3.57. The van der Waals surface area contributed by atoms with E-state index in [0.717, 1.165) is 34.9 Å². The van der Waals surface area contributed by atoms with E-state index >= 15 is 0 Å². The Morgan fingerprint density at radius 3 is 2.27 bits per heavy atom. The molecule has 0 bridgehead atoms. The van der Waals surface area contributed by atoms with Crippen molar-refractivity contribution in [2.24, 2.45) is 0 Å². The van der Waals surface area contributed by atoms with Crippen LogP contribution in [0.25, 0.3) is 0 Å². The third-order valence-electron chi connectivity index (χ3n) is 2.66. The molecule has 1 aliphatic rings. The maximum Gasteiger partial charge on any atom is 0.122 e. The van der Waals surface area contributed by atoms with Crippen LogP contribution in [0.3, 0.4) is 0 Å². The van der Waals surface area contributed by atoms with Crippen molar-refractivity contribution < 1.29 is 9.47 Å². The Hall–Kier alpha value is -1.15. The van der Waals surface area contributed by atoms with Gasteiger partial charge >= 0.3 is 0 Å². The monoisotopic (exact) mass is 224 g/mol. The molecule has 0 fully saturated rings. The predicted molar refractivity (Wildman–Crippen MR) is 60.9 cm³/mol. The second-order valence-corrected chi connectivity index (χ2v) is 3.94. The third-order valence-corrected chi connectivity index (χ3v) is 2.95. The molecule has 0 aromatic heterocycles. The van der Waals surface area contributed by atoms with E-state index < -0.39 is 0 Å². The topological polar surface area (TPSA) is 18.5 Å². The van der Waals surface area contributed by atoms with Crippen LogP contribution in [-0.2, 0) is 12.8 Å². The van der Waals surface area contributed by atoms with E-state index in [1.807, 2.05) is 18.2 Å². The first-order valence-electron chi connectivity index (χ1n) is 4.83. The second-order valence-electron chi connectivity index (χ2n) is 3.46. The molecule has 15 heavy (non-hydrogen) atoms. The molecular weight excluding hydrogens is 212 g/mol. The van der Waals surface area contributed by atoms with Gasteiger partial charge in [0.05, 0.1) is 14.2 Å². The van der Waals surface area contributed by atoms with Crippen molar-refractivity contribution >= 4 is 11.6 Å². The third kappa shape index (κ3) is 1.82. The van der Waals surface area contributed by atoms with E-state index in [9.17, 15) is 0 Å². The Balaban J connectivity index is 2.53. The van der Waals surface area contributed by atoms with Gasteiger partial charge in [-0.05, 0) is 18.6 Å². The lowest BCUT2D eigenvalue weighted by molar-refractivity contribution is 0.395. The quantitative estimate of drug-likeness (QED) is 0.769. The van der Waals surface area contributed by atoms with Crippen molar-refractivity contribution in [2.75, 3.05) is 14.2 Å². The SMILES string of the molecule is COc1ccc(OC)c2c1CC=C(Cl)C2. The molecule has 1 aromatic rings. The molecule has 3 heteroatoms. The summed E-state index contributed by atoms with van der Waals surface area (Å²) in [5, 5.41) is 0.869. The number of hydrogen-bond donors (Lipinski definition) is 0. The summed E-state index contributed by atoms with van der Waals surface area (Å²) in [6, 6.07) is 3.86. The Labute approximate surface area is 94.5 Å². The molecule has 1 aromatic carbocycles. The van der Waals surface area contributed by atoms with Gasteiger partial charge in [0.15, 0.2) is 0 Å². The van der Waals surface area contributed by atoms with Gasteiger partial charge in [-0.25, -0.2) is 0 Å². The van der Waals surface area contributed by atoms with Crippen LogP contribution in [0.2, 0.25) is 0 Å². The molecule has 0 spiro atoms. The molecule has 1 aliphatic carbocycles. The van der Waals surface area contributed by atoms with Crippen LogP contribution in [0.1, 0.15) is 11.1 Å². The predicted octanol–water partition coefficient (Wildman–Crippen LogP) is 2.93.